The zero-order valence-corrected chi connectivity index (χ0v) is 15.5. The summed E-state index contributed by atoms with van der Waals surface area (Å²) in [6, 6.07) is 6.33. The Hall–Kier alpha value is -1.75. The Labute approximate surface area is 149 Å². The zero-order valence-electron chi connectivity index (χ0n) is 15.5. The highest BCUT2D eigenvalue weighted by Gasteiger charge is 2.24. The van der Waals surface area contributed by atoms with E-state index in [9.17, 15) is 4.39 Å². The standard InChI is InChI=1S/C20H28FN3O/c1-14(2)24(17-7-4-5-8-17)12-6-9-19-22-20(23-25-19)16-11-10-15(3)18(21)13-16/h10-11,13-14,17H,4-9,12H2,1-3H3. The molecule has 0 aliphatic heterocycles. The Morgan fingerprint density at radius 1 is 1.28 bits per heavy atom. The van der Waals surface area contributed by atoms with Crippen molar-refractivity contribution in [2.75, 3.05) is 6.54 Å². The van der Waals surface area contributed by atoms with Crippen molar-refractivity contribution >= 4 is 0 Å². The predicted molar refractivity (Wildman–Crippen MR) is 96.8 cm³/mol. The summed E-state index contributed by atoms with van der Waals surface area (Å²) in [7, 11) is 0. The zero-order chi connectivity index (χ0) is 17.8. The molecule has 2 aromatic rings. The maximum absolute atomic E-state index is 13.7. The first-order chi connectivity index (χ1) is 12.0. The van der Waals surface area contributed by atoms with Gasteiger partial charge in [0.15, 0.2) is 0 Å². The molecule has 0 saturated heterocycles. The molecule has 1 aliphatic carbocycles. The van der Waals surface area contributed by atoms with Crippen molar-refractivity contribution in [3.8, 4) is 11.4 Å². The van der Waals surface area contributed by atoms with E-state index in [1.54, 1.807) is 13.0 Å². The van der Waals surface area contributed by atoms with Gasteiger partial charge in [0.1, 0.15) is 5.82 Å². The summed E-state index contributed by atoms with van der Waals surface area (Å²) >= 11 is 0. The predicted octanol–water partition coefficient (Wildman–Crippen LogP) is 4.77. The first-order valence-corrected chi connectivity index (χ1v) is 9.39. The molecule has 0 radical (unpaired) electrons. The van der Waals surface area contributed by atoms with Crippen molar-refractivity contribution in [2.24, 2.45) is 0 Å². The van der Waals surface area contributed by atoms with Gasteiger partial charge in [-0.15, -0.1) is 0 Å². The van der Waals surface area contributed by atoms with Crippen LogP contribution in [0.25, 0.3) is 11.4 Å². The molecule has 0 spiro atoms. The Bertz CT molecular complexity index is 692. The molecule has 1 saturated carbocycles. The highest BCUT2D eigenvalue weighted by atomic mass is 19.1. The van der Waals surface area contributed by atoms with Gasteiger partial charge in [-0.2, -0.15) is 4.98 Å². The Kier molecular flexibility index (Phi) is 5.84. The number of hydrogen-bond donors (Lipinski definition) is 0. The molecule has 5 heteroatoms. The van der Waals surface area contributed by atoms with Gasteiger partial charge in [0.05, 0.1) is 0 Å². The van der Waals surface area contributed by atoms with Crippen LogP contribution < -0.4 is 0 Å². The molecule has 25 heavy (non-hydrogen) atoms. The Morgan fingerprint density at radius 3 is 2.72 bits per heavy atom. The van der Waals surface area contributed by atoms with E-state index in [-0.39, 0.29) is 5.82 Å². The van der Waals surface area contributed by atoms with Gasteiger partial charge in [-0.1, -0.05) is 30.1 Å². The van der Waals surface area contributed by atoms with E-state index in [0.717, 1.165) is 25.4 Å². The molecule has 4 nitrogen and oxygen atoms in total. The number of rotatable bonds is 7. The first-order valence-electron chi connectivity index (χ1n) is 9.39. The molecule has 3 rings (SSSR count). The number of aryl methyl sites for hydroxylation is 2. The molecular weight excluding hydrogens is 317 g/mol. The number of aromatic nitrogens is 2. The van der Waals surface area contributed by atoms with E-state index in [1.165, 1.54) is 31.7 Å². The highest BCUT2D eigenvalue weighted by molar-refractivity contribution is 5.54. The van der Waals surface area contributed by atoms with Crippen LogP contribution in [0.1, 0.15) is 57.4 Å². The number of hydrogen-bond acceptors (Lipinski definition) is 4. The SMILES string of the molecule is Cc1ccc(-c2noc(CCCN(C(C)C)C3CCCC3)n2)cc1F. The lowest BCUT2D eigenvalue weighted by Gasteiger charge is -2.32. The summed E-state index contributed by atoms with van der Waals surface area (Å²) in [4.78, 5) is 7.04. The Morgan fingerprint density at radius 2 is 2.04 bits per heavy atom. The van der Waals surface area contributed by atoms with E-state index < -0.39 is 0 Å². The lowest BCUT2D eigenvalue weighted by molar-refractivity contribution is 0.152. The van der Waals surface area contributed by atoms with Gasteiger partial charge >= 0.3 is 0 Å². The van der Waals surface area contributed by atoms with Gasteiger partial charge in [-0.3, -0.25) is 4.90 Å². The van der Waals surface area contributed by atoms with Crippen LogP contribution in [0.15, 0.2) is 22.7 Å². The number of halogens is 1. The first kappa shape index (κ1) is 18.1. The second kappa shape index (κ2) is 8.09. The largest absolute Gasteiger partial charge is 0.339 e. The van der Waals surface area contributed by atoms with Crippen LogP contribution in [-0.4, -0.2) is 33.7 Å². The summed E-state index contributed by atoms with van der Waals surface area (Å²) < 4.78 is 19.0. The fraction of sp³-hybridized carbons (Fsp3) is 0.600. The van der Waals surface area contributed by atoms with Crippen LogP contribution in [0.3, 0.4) is 0 Å². The van der Waals surface area contributed by atoms with E-state index in [2.05, 4.69) is 28.9 Å². The molecule has 0 unspecified atom stereocenters. The van der Waals surface area contributed by atoms with Crippen molar-refractivity contribution < 1.29 is 8.91 Å². The third-order valence-corrected chi connectivity index (χ3v) is 5.16. The Balaban J connectivity index is 1.57. The van der Waals surface area contributed by atoms with Crippen LogP contribution >= 0.6 is 0 Å². The van der Waals surface area contributed by atoms with Crippen molar-refractivity contribution in [2.45, 2.75) is 71.4 Å². The molecule has 1 aromatic carbocycles. The van der Waals surface area contributed by atoms with Crippen LogP contribution in [0.4, 0.5) is 4.39 Å². The van der Waals surface area contributed by atoms with Gasteiger partial charge in [-0.05, 0) is 58.2 Å². The minimum absolute atomic E-state index is 0.243. The van der Waals surface area contributed by atoms with Gasteiger partial charge < -0.3 is 4.52 Å². The van der Waals surface area contributed by atoms with Gasteiger partial charge in [0.2, 0.25) is 11.7 Å². The summed E-state index contributed by atoms with van der Waals surface area (Å²) in [5.74, 6) is 0.851. The van der Waals surface area contributed by atoms with Crippen molar-refractivity contribution in [3.63, 3.8) is 0 Å². The van der Waals surface area contributed by atoms with Crippen LogP contribution in [-0.2, 0) is 6.42 Å². The molecule has 136 valence electrons. The summed E-state index contributed by atoms with van der Waals surface area (Å²) in [6.45, 7) is 7.34. The van der Waals surface area contributed by atoms with E-state index >= 15 is 0 Å². The minimum atomic E-state index is -0.243. The number of benzene rings is 1. The fourth-order valence-electron chi connectivity index (χ4n) is 3.72. The average Bonchev–Trinajstić information content (AvgIpc) is 3.25. The van der Waals surface area contributed by atoms with Crippen molar-refractivity contribution in [3.05, 3.63) is 35.5 Å². The third-order valence-electron chi connectivity index (χ3n) is 5.16. The summed E-state index contributed by atoms with van der Waals surface area (Å²) in [5, 5.41) is 4.00. The van der Waals surface area contributed by atoms with Crippen molar-refractivity contribution in [1.29, 1.82) is 0 Å². The second-order valence-electron chi connectivity index (χ2n) is 7.35. The van der Waals surface area contributed by atoms with E-state index in [4.69, 9.17) is 4.52 Å². The maximum Gasteiger partial charge on any atom is 0.227 e. The molecule has 0 bridgehead atoms. The normalized spacial score (nSPS) is 15.6. The van der Waals surface area contributed by atoms with Crippen LogP contribution in [0, 0.1) is 12.7 Å². The maximum atomic E-state index is 13.7. The quantitative estimate of drug-likeness (QED) is 0.725. The fourth-order valence-corrected chi connectivity index (χ4v) is 3.72. The molecule has 1 heterocycles. The average molecular weight is 345 g/mol. The molecule has 1 aromatic heterocycles. The number of nitrogens with zero attached hydrogens (tertiary/aromatic N) is 3. The van der Waals surface area contributed by atoms with Gasteiger partial charge in [-0.25, -0.2) is 4.39 Å². The van der Waals surface area contributed by atoms with Gasteiger partial charge in [0, 0.05) is 24.1 Å². The van der Waals surface area contributed by atoms with Crippen LogP contribution in [0.5, 0.6) is 0 Å². The highest BCUT2D eigenvalue weighted by Crippen LogP contribution is 2.25. The van der Waals surface area contributed by atoms with E-state index in [0.29, 0.717) is 28.9 Å². The van der Waals surface area contributed by atoms with E-state index in [1.807, 2.05) is 6.07 Å². The smallest absolute Gasteiger partial charge is 0.227 e. The second-order valence-corrected chi connectivity index (χ2v) is 7.35. The summed E-state index contributed by atoms with van der Waals surface area (Å²) in [5.41, 5.74) is 1.28. The molecule has 0 amide bonds. The summed E-state index contributed by atoms with van der Waals surface area (Å²) in [6.07, 6.45) is 7.11. The van der Waals surface area contributed by atoms with Gasteiger partial charge in [0.25, 0.3) is 0 Å². The lowest BCUT2D eigenvalue weighted by atomic mass is 10.1. The van der Waals surface area contributed by atoms with Crippen molar-refractivity contribution in [1.82, 2.24) is 15.0 Å². The third kappa shape index (κ3) is 4.46. The molecule has 1 fully saturated rings. The molecule has 1 aliphatic rings. The minimum Gasteiger partial charge on any atom is -0.339 e. The molecular formula is C20H28FN3O. The van der Waals surface area contributed by atoms with Crippen LogP contribution in [0.2, 0.25) is 0 Å². The topological polar surface area (TPSA) is 42.2 Å². The molecule has 0 atom stereocenters. The monoisotopic (exact) mass is 345 g/mol. The lowest BCUT2D eigenvalue weighted by Crippen LogP contribution is -2.39. The molecule has 0 N–H and O–H groups in total.